The van der Waals surface area contributed by atoms with Gasteiger partial charge >= 0.3 is 12.2 Å². The summed E-state index contributed by atoms with van der Waals surface area (Å²) in [7, 11) is 2.64. The fourth-order valence-electron chi connectivity index (χ4n) is 10.2. The molecule has 2 aromatic carbocycles. The lowest BCUT2D eigenvalue weighted by atomic mass is 9.88. The summed E-state index contributed by atoms with van der Waals surface area (Å²) in [6, 6.07) is 15.5. The number of methoxy groups -OCH3 is 2. The molecule has 3 saturated heterocycles. The summed E-state index contributed by atoms with van der Waals surface area (Å²) in [4.78, 5) is 68.5. The van der Waals surface area contributed by atoms with Gasteiger partial charge in [-0.1, -0.05) is 62.4 Å². The topological polar surface area (TPSA) is 171 Å². The predicted octanol–water partition coefficient (Wildman–Crippen LogP) is 7.86. The van der Waals surface area contributed by atoms with Crippen molar-refractivity contribution in [1.82, 2.24) is 35.4 Å². The SMILES string of the molecule is COC(=O)NC(C(=O)N1CCCC1c1[nH]c(-c2ccc(-c3ccc(-c4cnc([C@@H]5CCCN5C(=O)C(NC(=O)OC)C5CCOC(C)C5)[nH]4)cc3)cc2)c2c1CCCC2)C(C)C. The quantitative estimate of drug-likeness (QED) is 0.118. The molecule has 14 heteroatoms. The summed E-state index contributed by atoms with van der Waals surface area (Å²) >= 11 is 0. The molecule has 62 heavy (non-hydrogen) atoms. The first-order chi connectivity index (χ1) is 30.0. The highest BCUT2D eigenvalue weighted by Crippen LogP contribution is 2.42. The molecule has 8 rings (SSSR count). The van der Waals surface area contributed by atoms with Crippen LogP contribution in [0.25, 0.3) is 33.6 Å². The number of alkyl carbamates (subject to hydrolysis) is 2. The van der Waals surface area contributed by atoms with Gasteiger partial charge < -0.3 is 44.6 Å². The molecule has 0 spiro atoms. The molecule has 0 bridgehead atoms. The van der Waals surface area contributed by atoms with Crippen LogP contribution in [-0.2, 0) is 36.6 Å². The van der Waals surface area contributed by atoms with Crippen molar-refractivity contribution in [2.75, 3.05) is 33.9 Å². The van der Waals surface area contributed by atoms with E-state index in [0.717, 1.165) is 96.5 Å². The molecule has 14 nitrogen and oxygen atoms in total. The normalized spacial score (nSPS) is 22.2. The number of nitrogens with one attached hydrogen (secondary N) is 4. The third-order valence-corrected chi connectivity index (χ3v) is 13.5. The van der Waals surface area contributed by atoms with Gasteiger partial charge in [0.1, 0.15) is 17.9 Å². The molecule has 4 aromatic rings. The number of aromatic nitrogens is 3. The van der Waals surface area contributed by atoms with Crippen molar-refractivity contribution in [3.63, 3.8) is 0 Å². The first-order valence-electron chi connectivity index (χ1n) is 22.5. The van der Waals surface area contributed by atoms with Gasteiger partial charge in [0.2, 0.25) is 11.8 Å². The first-order valence-corrected chi connectivity index (χ1v) is 22.5. The Kier molecular flexibility index (Phi) is 13.0. The van der Waals surface area contributed by atoms with E-state index in [2.05, 4.69) is 69.1 Å². The van der Waals surface area contributed by atoms with Gasteiger partial charge in [-0.05, 0) is 116 Å². The third kappa shape index (κ3) is 8.84. The van der Waals surface area contributed by atoms with E-state index < -0.39 is 24.3 Å². The van der Waals surface area contributed by atoms with Crippen LogP contribution >= 0.6 is 0 Å². The Morgan fingerprint density at radius 1 is 0.742 bits per heavy atom. The van der Waals surface area contributed by atoms with Crippen LogP contribution in [0.3, 0.4) is 0 Å². The van der Waals surface area contributed by atoms with Crippen LogP contribution < -0.4 is 10.6 Å². The Bertz CT molecular complexity index is 2230. The largest absolute Gasteiger partial charge is 0.453 e. The smallest absolute Gasteiger partial charge is 0.407 e. The van der Waals surface area contributed by atoms with E-state index in [-0.39, 0.29) is 41.8 Å². The highest BCUT2D eigenvalue weighted by molar-refractivity contribution is 5.87. The summed E-state index contributed by atoms with van der Waals surface area (Å²) in [6.07, 6.45) is 9.66. The van der Waals surface area contributed by atoms with Crippen molar-refractivity contribution in [1.29, 1.82) is 0 Å². The molecule has 1 aliphatic carbocycles. The minimum atomic E-state index is -0.696. The van der Waals surface area contributed by atoms with Crippen molar-refractivity contribution in [3.05, 3.63) is 77.4 Å². The van der Waals surface area contributed by atoms with Crippen LogP contribution in [0.1, 0.15) is 107 Å². The number of ether oxygens (including phenoxy) is 3. The number of amides is 4. The number of rotatable bonds is 11. The molecular formula is C48H61N7O7. The number of likely N-dealkylation sites (tertiary alicyclic amines) is 2. The second kappa shape index (κ2) is 18.8. The van der Waals surface area contributed by atoms with Gasteiger partial charge in [0.05, 0.1) is 44.3 Å². The van der Waals surface area contributed by atoms with Gasteiger partial charge in [-0.15, -0.1) is 0 Å². The highest BCUT2D eigenvalue weighted by Gasteiger charge is 2.42. The Labute approximate surface area is 363 Å². The average molecular weight is 848 g/mol. The maximum absolute atomic E-state index is 14.1. The van der Waals surface area contributed by atoms with Crippen molar-refractivity contribution in [3.8, 4) is 33.6 Å². The molecule has 6 atom stereocenters. The number of benzene rings is 2. The lowest BCUT2D eigenvalue weighted by Gasteiger charge is -2.36. The third-order valence-electron chi connectivity index (χ3n) is 13.5. The van der Waals surface area contributed by atoms with E-state index in [0.29, 0.717) is 32.5 Å². The minimum absolute atomic E-state index is 0.0120. The molecule has 4 amide bonds. The maximum atomic E-state index is 14.1. The van der Waals surface area contributed by atoms with Crippen LogP contribution in [0, 0.1) is 11.8 Å². The number of nitrogens with zero attached hydrogens (tertiary/aromatic N) is 3. The zero-order valence-electron chi connectivity index (χ0n) is 36.6. The molecule has 2 aromatic heterocycles. The molecule has 4 N–H and O–H groups in total. The Morgan fingerprint density at radius 2 is 1.34 bits per heavy atom. The number of aromatic amines is 2. The summed E-state index contributed by atoms with van der Waals surface area (Å²) < 4.78 is 15.5. The number of hydrogen-bond donors (Lipinski definition) is 4. The lowest BCUT2D eigenvalue weighted by Crippen LogP contribution is -2.53. The molecule has 5 heterocycles. The van der Waals surface area contributed by atoms with Gasteiger partial charge in [0.25, 0.3) is 0 Å². The highest BCUT2D eigenvalue weighted by atomic mass is 16.5. The predicted molar refractivity (Wildman–Crippen MR) is 235 cm³/mol. The Hall–Kier alpha value is -5.63. The molecule has 330 valence electrons. The summed E-state index contributed by atoms with van der Waals surface area (Å²) in [5.74, 6) is 0.431. The summed E-state index contributed by atoms with van der Waals surface area (Å²) in [5.41, 5.74) is 10.2. The second-order valence-electron chi connectivity index (χ2n) is 17.7. The van der Waals surface area contributed by atoms with Crippen LogP contribution in [0.15, 0.2) is 54.7 Å². The van der Waals surface area contributed by atoms with E-state index in [1.165, 1.54) is 25.3 Å². The van der Waals surface area contributed by atoms with Crippen molar-refractivity contribution >= 4 is 24.0 Å². The monoisotopic (exact) mass is 847 g/mol. The van der Waals surface area contributed by atoms with Crippen molar-refractivity contribution in [2.24, 2.45) is 11.8 Å². The second-order valence-corrected chi connectivity index (χ2v) is 17.7. The van der Waals surface area contributed by atoms with Crippen LogP contribution in [0.2, 0.25) is 0 Å². The summed E-state index contributed by atoms with van der Waals surface area (Å²) in [5, 5.41) is 5.62. The fraction of sp³-hybridized carbons (Fsp3) is 0.521. The molecule has 3 aliphatic heterocycles. The number of imidazole rings is 1. The number of fused-ring (bicyclic) bond motifs is 1. The lowest BCUT2D eigenvalue weighted by molar-refractivity contribution is -0.137. The zero-order valence-corrected chi connectivity index (χ0v) is 36.6. The van der Waals surface area contributed by atoms with Crippen LogP contribution in [-0.4, -0.2) is 101 Å². The van der Waals surface area contributed by atoms with Crippen LogP contribution in [0.5, 0.6) is 0 Å². The molecular weight excluding hydrogens is 787 g/mol. The fourth-order valence-corrected chi connectivity index (χ4v) is 10.2. The minimum Gasteiger partial charge on any atom is -0.453 e. The van der Waals surface area contributed by atoms with Crippen molar-refractivity contribution in [2.45, 2.75) is 115 Å². The van der Waals surface area contributed by atoms with Gasteiger partial charge in [0.15, 0.2) is 0 Å². The molecule has 4 aliphatic rings. The van der Waals surface area contributed by atoms with Crippen LogP contribution in [0.4, 0.5) is 9.59 Å². The van der Waals surface area contributed by atoms with Crippen molar-refractivity contribution < 1.29 is 33.4 Å². The first kappa shape index (κ1) is 43.0. The Morgan fingerprint density at radius 3 is 1.98 bits per heavy atom. The van der Waals surface area contributed by atoms with E-state index >= 15 is 0 Å². The average Bonchev–Trinajstić information content (AvgIpc) is 4.13. The maximum Gasteiger partial charge on any atom is 0.407 e. The standard InChI is InChI=1S/C48H61N7O7/c1-28(2)40(52-47(58)60-4)45(56)54-23-8-12-38(54)43-36-11-7-6-10-35(36)41(51-43)33-20-16-31(17-21-33)30-14-18-32(19-15-30)37-27-49-44(50-37)39-13-9-24-55(39)46(57)42(53-48(59)61-5)34-22-25-62-29(3)26-34/h14-21,27-29,34,38-40,42,51H,6-13,22-26H2,1-5H3,(H,49,50)(H,52,58)(H,53,59)/t29?,34?,38?,39-,40?,42?/m0/s1. The number of carbonyl (C=O) groups is 4. The van der Waals surface area contributed by atoms with Gasteiger partial charge in [0, 0.05) is 31.1 Å². The Balaban J connectivity index is 0.967. The zero-order chi connectivity index (χ0) is 43.5. The molecule has 0 radical (unpaired) electrons. The van der Waals surface area contributed by atoms with Gasteiger partial charge in [-0.3, -0.25) is 9.59 Å². The molecule has 5 unspecified atom stereocenters. The van der Waals surface area contributed by atoms with Gasteiger partial charge in [-0.2, -0.15) is 0 Å². The van der Waals surface area contributed by atoms with E-state index in [4.69, 9.17) is 19.2 Å². The number of carbonyl (C=O) groups excluding carboxylic acids is 4. The van der Waals surface area contributed by atoms with Gasteiger partial charge in [-0.25, -0.2) is 14.6 Å². The molecule has 3 fully saturated rings. The van der Waals surface area contributed by atoms with E-state index in [9.17, 15) is 19.2 Å². The number of H-pyrrole nitrogens is 2. The molecule has 0 saturated carbocycles. The van der Waals surface area contributed by atoms with E-state index in [1.54, 1.807) is 0 Å². The number of hydrogen-bond acceptors (Lipinski definition) is 8. The summed E-state index contributed by atoms with van der Waals surface area (Å²) in [6.45, 7) is 7.69. The van der Waals surface area contributed by atoms with E-state index in [1.807, 2.05) is 36.8 Å².